The van der Waals surface area contributed by atoms with Gasteiger partial charge in [0.1, 0.15) is 6.10 Å². The summed E-state index contributed by atoms with van der Waals surface area (Å²) >= 11 is 5.59. The van der Waals surface area contributed by atoms with E-state index in [2.05, 4.69) is 6.58 Å². The highest BCUT2D eigenvalue weighted by Crippen LogP contribution is 2.12. The highest BCUT2D eigenvalue weighted by molar-refractivity contribution is 6.17. The molecule has 0 radical (unpaired) electrons. The van der Waals surface area contributed by atoms with Crippen LogP contribution in [0.4, 0.5) is 0 Å². The first-order chi connectivity index (χ1) is 6.70. The van der Waals surface area contributed by atoms with E-state index in [1.54, 1.807) is 0 Å². The van der Waals surface area contributed by atoms with Gasteiger partial charge in [-0.2, -0.15) is 0 Å². The molecular weight excluding hydrogens is 200 g/mol. The number of allylic oxidation sites excluding steroid dienone is 1. The molecule has 0 saturated heterocycles. The first-order valence-electron chi connectivity index (χ1n) is 5.04. The molecule has 0 aliphatic heterocycles. The van der Waals surface area contributed by atoms with E-state index < -0.39 is 0 Å². The van der Waals surface area contributed by atoms with Crippen molar-refractivity contribution in [3.63, 3.8) is 0 Å². The second-order valence-electron chi connectivity index (χ2n) is 3.28. The van der Waals surface area contributed by atoms with Crippen LogP contribution in [0.3, 0.4) is 0 Å². The molecule has 0 spiro atoms. The summed E-state index contributed by atoms with van der Waals surface area (Å²) in [4.78, 5) is 10.8. The average Bonchev–Trinajstić information content (AvgIpc) is 2.13. The molecule has 82 valence electrons. The van der Waals surface area contributed by atoms with Gasteiger partial charge >= 0.3 is 5.97 Å². The van der Waals surface area contributed by atoms with E-state index in [0.717, 1.165) is 32.1 Å². The van der Waals surface area contributed by atoms with Crippen molar-refractivity contribution in [2.75, 3.05) is 5.88 Å². The number of ether oxygens (including phenoxy) is 1. The predicted octanol–water partition coefficient (Wildman–Crippen LogP) is 3.29. The number of carbonyl (C=O) groups excluding carboxylic acids is 1. The van der Waals surface area contributed by atoms with Crippen molar-refractivity contribution in [1.29, 1.82) is 0 Å². The number of esters is 1. The average molecular weight is 219 g/mol. The lowest BCUT2D eigenvalue weighted by atomic mass is 10.1. The second-order valence-corrected chi connectivity index (χ2v) is 3.66. The van der Waals surface area contributed by atoms with Crippen LogP contribution in [0.1, 0.15) is 39.0 Å². The Kier molecular flexibility index (Phi) is 8.75. The maximum absolute atomic E-state index is 10.8. The SMILES string of the molecule is C=CCCC[C@H](CCCCl)OC(C)=O. The summed E-state index contributed by atoms with van der Waals surface area (Å²) in [6.07, 6.45) is 6.57. The summed E-state index contributed by atoms with van der Waals surface area (Å²) in [6, 6.07) is 0. The Labute approximate surface area is 91.3 Å². The fourth-order valence-electron chi connectivity index (χ4n) is 1.29. The molecule has 0 rings (SSSR count). The van der Waals surface area contributed by atoms with E-state index in [-0.39, 0.29) is 12.1 Å². The van der Waals surface area contributed by atoms with Gasteiger partial charge in [-0.3, -0.25) is 4.79 Å². The lowest BCUT2D eigenvalue weighted by Crippen LogP contribution is -2.16. The first-order valence-corrected chi connectivity index (χ1v) is 5.58. The van der Waals surface area contributed by atoms with Crippen LogP contribution in [0.2, 0.25) is 0 Å². The summed E-state index contributed by atoms with van der Waals surface area (Å²) in [5.41, 5.74) is 0. The molecule has 0 aromatic rings. The monoisotopic (exact) mass is 218 g/mol. The van der Waals surface area contributed by atoms with Crippen LogP contribution < -0.4 is 0 Å². The lowest BCUT2D eigenvalue weighted by Gasteiger charge is -2.15. The molecule has 3 heteroatoms. The molecule has 0 amide bonds. The van der Waals surface area contributed by atoms with E-state index in [0.29, 0.717) is 5.88 Å². The molecule has 0 fully saturated rings. The molecule has 0 aromatic heterocycles. The van der Waals surface area contributed by atoms with E-state index in [1.165, 1.54) is 6.92 Å². The molecule has 2 nitrogen and oxygen atoms in total. The van der Waals surface area contributed by atoms with Crippen molar-refractivity contribution in [2.45, 2.75) is 45.1 Å². The number of hydrogen-bond donors (Lipinski definition) is 0. The van der Waals surface area contributed by atoms with Gasteiger partial charge in [-0.15, -0.1) is 18.2 Å². The van der Waals surface area contributed by atoms with Crippen LogP contribution in [-0.4, -0.2) is 18.0 Å². The van der Waals surface area contributed by atoms with Gasteiger partial charge in [-0.05, 0) is 32.1 Å². The van der Waals surface area contributed by atoms with Gasteiger partial charge in [-0.25, -0.2) is 0 Å². The van der Waals surface area contributed by atoms with E-state index >= 15 is 0 Å². The highest BCUT2D eigenvalue weighted by Gasteiger charge is 2.10. The molecule has 0 aromatic carbocycles. The summed E-state index contributed by atoms with van der Waals surface area (Å²) < 4.78 is 5.17. The maximum atomic E-state index is 10.8. The van der Waals surface area contributed by atoms with Crippen molar-refractivity contribution in [3.8, 4) is 0 Å². The number of carbonyl (C=O) groups is 1. The zero-order valence-corrected chi connectivity index (χ0v) is 9.55. The molecule has 0 N–H and O–H groups in total. The van der Waals surface area contributed by atoms with Gasteiger partial charge in [0.05, 0.1) is 0 Å². The number of halogens is 1. The lowest BCUT2D eigenvalue weighted by molar-refractivity contribution is -0.147. The zero-order valence-electron chi connectivity index (χ0n) is 8.80. The van der Waals surface area contributed by atoms with Crippen molar-refractivity contribution in [1.82, 2.24) is 0 Å². The van der Waals surface area contributed by atoms with E-state index in [4.69, 9.17) is 16.3 Å². The summed E-state index contributed by atoms with van der Waals surface area (Å²) in [5.74, 6) is 0.419. The second kappa shape index (κ2) is 9.07. The van der Waals surface area contributed by atoms with Crippen molar-refractivity contribution < 1.29 is 9.53 Å². The van der Waals surface area contributed by atoms with Gasteiger partial charge in [0, 0.05) is 12.8 Å². The van der Waals surface area contributed by atoms with Crippen molar-refractivity contribution in [2.24, 2.45) is 0 Å². The Morgan fingerprint density at radius 3 is 2.64 bits per heavy atom. The minimum Gasteiger partial charge on any atom is -0.463 e. The van der Waals surface area contributed by atoms with Gasteiger partial charge in [0.25, 0.3) is 0 Å². The molecule has 1 atom stereocenters. The minimum atomic E-state index is -0.205. The summed E-state index contributed by atoms with van der Waals surface area (Å²) in [7, 11) is 0. The van der Waals surface area contributed by atoms with E-state index in [1.807, 2.05) is 6.08 Å². The highest BCUT2D eigenvalue weighted by atomic mass is 35.5. The number of unbranched alkanes of at least 4 members (excludes halogenated alkanes) is 1. The standard InChI is InChI=1S/C11H19ClO2/c1-3-4-5-7-11(8-6-9-12)14-10(2)13/h3,11H,1,4-9H2,2H3/t11-/m1/s1. The zero-order chi connectivity index (χ0) is 10.8. The Morgan fingerprint density at radius 1 is 1.50 bits per heavy atom. The third-order valence-electron chi connectivity index (χ3n) is 1.93. The van der Waals surface area contributed by atoms with Crippen LogP contribution in [0.25, 0.3) is 0 Å². The Bertz CT molecular complexity index is 169. The van der Waals surface area contributed by atoms with Crippen LogP contribution in [0.15, 0.2) is 12.7 Å². The van der Waals surface area contributed by atoms with Crippen molar-refractivity contribution >= 4 is 17.6 Å². The normalized spacial score (nSPS) is 12.1. The van der Waals surface area contributed by atoms with Gasteiger partial charge in [0.15, 0.2) is 0 Å². The first kappa shape index (κ1) is 13.5. The fraction of sp³-hybridized carbons (Fsp3) is 0.727. The summed E-state index contributed by atoms with van der Waals surface area (Å²) in [6.45, 7) is 5.10. The predicted molar refractivity (Wildman–Crippen MR) is 59.6 cm³/mol. The number of rotatable bonds is 8. The maximum Gasteiger partial charge on any atom is 0.302 e. The number of hydrogen-bond acceptors (Lipinski definition) is 2. The Hall–Kier alpha value is -0.500. The van der Waals surface area contributed by atoms with Gasteiger partial charge in [-0.1, -0.05) is 6.08 Å². The van der Waals surface area contributed by atoms with Crippen molar-refractivity contribution in [3.05, 3.63) is 12.7 Å². The van der Waals surface area contributed by atoms with Crippen LogP contribution in [-0.2, 0) is 9.53 Å². The largest absolute Gasteiger partial charge is 0.463 e. The Balaban J connectivity index is 3.71. The minimum absolute atomic E-state index is 0.0335. The molecule has 0 heterocycles. The molecule has 0 bridgehead atoms. The van der Waals surface area contributed by atoms with Gasteiger partial charge in [0.2, 0.25) is 0 Å². The van der Waals surface area contributed by atoms with Crippen LogP contribution in [0.5, 0.6) is 0 Å². The molecule has 0 aliphatic carbocycles. The Morgan fingerprint density at radius 2 is 2.14 bits per heavy atom. The van der Waals surface area contributed by atoms with Gasteiger partial charge < -0.3 is 4.74 Å². The fourth-order valence-corrected chi connectivity index (χ4v) is 1.45. The third-order valence-corrected chi connectivity index (χ3v) is 2.19. The quantitative estimate of drug-likeness (QED) is 0.271. The molecule has 0 unspecified atom stereocenters. The summed E-state index contributed by atoms with van der Waals surface area (Å²) in [5, 5.41) is 0. The molecule has 0 saturated carbocycles. The van der Waals surface area contributed by atoms with Crippen LogP contribution in [0, 0.1) is 0 Å². The molecule has 0 aliphatic rings. The smallest absolute Gasteiger partial charge is 0.302 e. The van der Waals surface area contributed by atoms with Crippen LogP contribution >= 0.6 is 11.6 Å². The molecular formula is C11H19ClO2. The topological polar surface area (TPSA) is 26.3 Å². The molecule has 14 heavy (non-hydrogen) atoms. The van der Waals surface area contributed by atoms with E-state index in [9.17, 15) is 4.79 Å². The third kappa shape index (κ3) is 8.11. The number of alkyl halides is 1.